The highest BCUT2D eigenvalue weighted by Gasteiger charge is 2.03. The van der Waals surface area contributed by atoms with Crippen LogP contribution in [0.4, 0.5) is 0 Å². The molecule has 0 fully saturated rings. The molecule has 108 valence electrons. The van der Waals surface area contributed by atoms with Crippen molar-refractivity contribution in [2.24, 2.45) is 0 Å². The molecule has 0 aromatic carbocycles. The number of carbonyl (C=O) groups is 2. The van der Waals surface area contributed by atoms with Crippen LogP contribution in [0.25, 0.3) is 0 Å². The van der Waals surface area contributed by atoms with Crippen molar-refractivity contribution in [2.75, 3.05) is 21.1 Å². The number of carbonyl (C=O) groups excluding carboxylic acids is 2. The van der Waals surface area contributed by atoms with Gasteiger partial charge < -0.3 is 15.5 Å². The van der Waals surface area contributed by atoms with Crippen LogP contribution in [0, 0.1) is 0 Å². The molecule has 0 bridgehead atoms. The average molecular weight is 267 g/mol. The molecule has 0 rings (SSSR count). The monoisotopic (exact) mass is 267 g/mol. The number of hydrogen-bond acceptors (Lipinski definition) is 3. The van der Waals surface area contributed by atoms with Crippen molar-refractivity contribution in [1.29, 1.82) is 0 Å². The van der Waals surface area contributed by atoms with Crippen molar-refractivity contribution in [3.63, 3.8) is 0 Å². The number of nitrogens with one attached hydrogen (secondary N) is 2. The third kappa shape index (κ3) is 11.1. The van der Waals surface area contributed by atoms with E-state index < -0.39 is 0 Å². The van der Waals surface area contributed by atoms with Gasteiger partial charge in [-0.25, -0.2) is 0 Å². The number of amides is 2. The van der Waals surface area contributed by atoms with Crippen LogP contribution in [0.3, 0.4) is 0 Å². The van der Waals surface area contributed by atoms with Crippen LogP contribution in [-0.2, 0) is 9.59 Å². The average Bonchev–Trinajstić information content (AvgIpc) is 2.35. The van der Waals surface area contributed by atoms with Gasteiger partial charge in [-0.1, -0.05) is 6.08 Å². The molecule has 19 heavy (non-hydrogen) atoms. The highest BCUT2D eigenvalue weighted by Crippen LogP contribution is 2.01. The van der Waals surface area contributed by atoms with E-state index in [0.717, 1.165) is 19.3 Å². The second-order valence-corrected chi connectivity index (χ2v) is 4.64. The number of allylic oxidation sites excluding steroid dienone is 1. The van der Waals surface area contributed by atoms with Gasteiger partial charge in [0.15, 0.2) is 0 Å². The second kappa shape index (κ2) is 10.2. The molecule has 1 atom stereocenters. The smallest absolute Gasteiger partial charge is 0.245 e. The first-order valence-corrected chi connectivity index (χ1v) is 6.49. The van der Waals surface area contributed by atoms with Gasteiger partial charge in [0, 0.05) is 39.5 Å². The number of unbranched alkanes of at least 4 members (excludes halogenated alkanes) is 1. The van der Waals surface area contributed by atoms with E-state index in [1.165, 1.54) is 12.2 Å². The lowest BCUT2D eigenvalue weighted by Crippen LogP contribution is -2.31. The van der Waals surface area contributed by atoms with E-state index in [0.29, 0.717) is 0 Å². The summed E-state index contributed by atoms with van der Waals surface area (Å²) in [5.41, 5.74) is 0. The van der Waals surface area contributed by atoms with Crippen LogP contribution < -0.4 is 10.6 Å². The molecule has 0 radical (unpaired) electrons. The summed E-state index contributed by atoms with van der Waals surface area (Å²) < 4.78 is 0. The van der Waals surface area contributed by atoms with E-state index in [1.807, 2.05) is 32.0 Å². The standard InChI is InChI=1S/C14H25N3O2/c1-12(16-14(19)10-11-17(3)4)8-6-5-7-9-13(18)15-2/h7,9-12H,5-6,8H2,1-4H3,(H,15,18)(H,16,19)/b9-7+,11-10+. The maximum atomic E-state index is 11.5. The van der Waals surface area contributed by atoms with E-state index in [2.05, 4.69) is 10.6 Å². The molecule has 0 aromatic rings. The molecular formula is C14H25N3O2. The second-order valence-electron chi connectivity index (χ2n) is 4.64. The molecule has 0 spiro atoms. The molecule has 2 N–H and O–H groups in total. The highest BCUT2D eigenvalue weighted by atomic mass is 16.2. The number of rotatable bonds is 8. The summed E-state index contributed by atoms with van der Waals surface area (Å²) in [7, 11) is 5.34. The summed E-state index contributed by atoms with van der Waals surface area (Å²) in [6, 6.07) is 0.132. The van der Waals surface area contributed by atoms with Crippen molar-refractivity contribution in [2.45, 2.75) is 32.2 Å². The molecular weight excluding hydrogens is 242 g/mol. The fourth-order valence-corrected chi connectivity index (χ4v) is 1.40. The molecule has 0 saturated carbocycles. The molecule has 0 aliphatic heterocycles. The molecule has 0 aliphatic carbocycles. The maximum absolute atomic E-state index is 11.5. The molecule has 0 aliphatic rings. The van der Waals surface area contributed by atoms with E-state index in [-0.39, 0.29) is 17.9 Å². The minimum absolute atomic E-state index is 0.0814. The van der Waals surface area contributed by atoms with Crippen molar-refractivity contribution in [3.8, 4) is 0 Å². The van der Waals surface area contributed by atoms with Crippen LogP contribution in [0.5, 0.6) is 0 Å². The lowest BCUT2D eigenvalue weighted by molar-refractivity contribution is -0.117. The molecule has 5 heteroatoms. The fourth-order valence-electron chi connectivity index (χ4n) is 1.40. The third-order valence-corrected chi connectivity index (χ3v) is 2.44. The first-order valence-electron chi connectivity index (χ1n) is 6.49. The maximum Gasteiger partial charge on any atom is 0.245 e. The molecule has 5 nitrogen and oxygen atoms in total. The van der Waals surface area contributed by atoms with Crippen LogP contribution in [0.1, 0.15) is 26.2 Å². The van der Waals surface area contributed by atoms with Gasteiger partial charge in [-0.3, -0.25) is 9.59 Å². The van der Waals surface area contributed by atoms with E-state index >= 15 is 0 Å². The minimum atomic E-state index is -0.0878. The van der Waals surface area contributed by atoms with Gasteiger partial charge in [-0.15, -0.1) is 0 Å². The Morgan fingerprint density at radius 1 is 1.21 bits per heavy atom. The number of likely N-dealkylation sites (N-methyl/N-ethyl adjacent to an activating group) is 1. The Morgan fingerprint density at radius 2 is 1.89 bits per heavy atom. The largest absolute Gasteiger partial charge is 0.383 e. The Labute approximate surface area is 115 Å². The number of nitrogens with zero attached hydrogens (tertiary/aromatic N) is 1. The quantitative estimate of drug-likeness (QED) is 0.510. The van der Waals surface area contributed by atoms with Crippen molar-refractivity contribution in [3.05, 3.63) is 24.4 Å². The zero-order valence-corrected chi connectivity index (χ0v) is 12.3. The Balaban J connectivity index is 3.75. The van der Waals surface area contributed by atoms with Crippen molar-refractivity contribution < 1.29 is 9.59 Å². The lowest BCUT2D eigenvalue weighted by atomic mass is 10.1. The predicted molar refractivity (Wildman–Crippen MR) is 77.5 cm³/mol. The first kappa shape index (κ1) is 17.2. The van der Waals surface area contributed by atoms with Crippen LogP contribution in [0.2, 0.25) is 0 Å². The molecule has 0 heterocycles. The van der Waals surface area contributed by atoms with Gasteiger partial charge >= 0.3 is 0 Å². The summed E-state index contributed by atoms with van der Waals surface area (Å²) in [6.45, 7) is 1.98. The third-order valence-electron chi connectivity index (χ3n) is 2.44. The van der Waals surface area contributed by atoms with E-state index in [1.54, 1.807) is 13.2 Å². The highest BCUT2D eigenvalue weighted by molar-refractivity contribution is 5.87. The minimum Gasteiger partial charge on any atom is -0.383 e. The van der Waals surface area contributed by atoms with Gasteiger partial charge in [0.25, 0.3) is 0 Å². The van der Waals surface area contributed by atoms with Crippen molar-refractivity contribution in [1.82, 2.24) is 15.5 Å². The zero-order valence-electron chi connectivity index (χ0n) is 12.3. The summed E-state index contributed by atoms with van der Waals surface area (Å²) in [5, 5.41) is 5.41. The van der Waals surface area contributed by atoms with E-state index in [4.69, 9.17) is 0 Å². The van der Waals surface area contributed by atoms with Gasteiger partial charge in [0.1, 0.15) is 0 Å². The molecule has 1 unspecified atom stereocenters. The Bertz CT molecular complexity index is 336. The first-order chi connectivity index (χ1) is 8.95. The van der Waals surface area contributed by atoms with Crippen LogP contribution in [-0.4, -0.2) is 43.9 Å². The summed E-state index contributed by atoms with van der Waals surface area (Å²) in [5.74, 6) is -0.169. The molecule has 2 amide bonds. The van der Waals surface area contributed by atoms with Gasteiger partial charge in [0.05, 0.1) is 0 Å². The SMILES string of the molecule is CNC(=O)/C=C/CCCC(C)NC(=O)/C=C/N(C)C. The van der Waals surface area contributed by atoms with E-state index in [9.17, 15) is 9.59 Å². The Morgan fingerprint density at radius 3 is 2.47 bits per heavy atom. The lowest BCUT2D eigenvalue weighted by Gasteiger charge is -2.12. The number of hydrogen-bond donors (Lipinski definition) is 2. The normalized spacial score (nSPS) is 12.6. The molecule has 0 aromatic heterocycles. The Kier molecular flexibility index (Phi) is 9.22. The van der Waals surface area contributed by atoms with Crippen LogP contribution >= 0.6 is 0 Å². The van der Waals surface area contributed by atoms with Gasteiger partial charge in [0.2, 0.25) is 11.8 Å². The predicted octanol–water partition coefficient (Wildman–Crippen LogP) is 1.04. The van der Waals surface area contributed by atoms with Crippen molar-refractivity contribution >= 4 is 11.8 Å². The fraction of sp³-hybridized carbons (Fsp3) is 0.571. The topological polar surface area (TPSA) is 61.4 Å². The van der Waals surface area contributed by atoms with Gasteiger partial charge in [-0.05, 0) is 32.3 Å². The van der Waals surface area contributed by atoms with Gasteiger partial charge in [-0.2, -0.15) is 0 Å². The molecule has 0 saturated heterocycles. The van der Waals surface area contributed by atoms with Crippen LogP contribution in [0.15, 0.2) is 24.4 Å². The summed E-state index contributed by atoms with van der Waals surface area (Å²) in [4.78, 5) is 24.2. The Hall–Kier alpha value is -1.78. The summed E-state index contributed by atoms with van der Waals surface area (Å²) >= 11 is 0. The summed E-state index contributed by atoms with van der Waals surface area (Å²) in [6.07, 6.45) is 9.27. The zero-order chi connectivity index (χ0) is 14.7.